The lowest BCUT2D eigenvalue weighted by Gasteiger charge is -2.28. The first-order valence-corrected chi connectivity index (χ1v) is 12.1. The zero-order chi connectivity index (χ0) is 26.5. The standard InChI is InChI=1S/C24H24BrClF3N3O4/c1-3-36-22(34)23(10-11-35-2)14-32(13-20(33)30-17-7-5-16(25)6-8-17)31-21(23)15-4-9-18(19(26)12-15)24(27,28)29/h4-9,12H,3,10-11,13-14H2,1-2H3,(H,30,33). The van der Waals surface area contributed by atoms with E-state index < -0.39 is 34.1 Å². The SMILES string of the molecule is CCOC(=O)C1(CCOC)CN(CC(=O)Nc2ccc(Br)cc2)N=C1c1ccc(C(F)(F)F)c(Cl)c1. The van der Waals surface area contributed by atoms with Gasteiger partial charge < -0.3 is 14.8 Å². The molecule has 1 aliphatic heterocycles. The Balaban J connectivity index is 1.97. The molecule has 0 radical (unpaired) electrons. The maximum Gasteiger partial charge on any atom is 0.417 e. The molecular formula is C24H24BrClF3N3O4. The normalized spacial score (nSPS) is 17.6. The third-order valence-corrected chi connectivity index (χ3v) is 6.39. The van der Waals surface area contributed by atoms with Crippen LogP contribution in [0.5, 0.6) is 0 Å². The molecule has 1 unspecified atom stereocenters. The summed E-state index contributed by atoms with van der Waals surface area (Å²) in [7, 11) is 1.46. The van der Waals surface area contributed by atoms with Gasteiger partial charge in [0.2, 0.25) is 5.91 Å². The van der Waals surface area contributed by atoms with Crippen molar-refractivity contribution < 1.29 is 32.2 Å². The van der Waals surface area contributed by atoms with E-state index in [9.17, 15) is 22.8 Å². The Labute approximate surface area is 219 Å². The van der Waals surface area contributed by atoms with Crippen molar-refractivity contribution in [2.45, 2.75) is 19.5 Å². The number of esters is 1. The summed E-state index contributed by atoms with van der Waals surface area (Å²) in [5.74, 6) is -1.01. The maximum atomic E-state index is 13.3. The van der Waals surface area contributed by atoms with E-state index in [1.165, 1.54) is 18.2 Å². The highest BCUT2D eigenvalue weighted by Gasteiger charge is 2.51. The van der Waals surface area contributed by atoms with Crippen LogP contribution in [0.4, 0.5) is 18.9 Å². The van der Waals surface area contributed by atoms with Gasteiger partial charge in [-0.05, 0) is 49.7 Å². The van der Waals surface area contributed by atoms with Gasteiger partial charge in [0.05, 0.1) is 29.4 Å². The molecule has 1 heterocycles. The summed E-state index contributed by atoms with van der Waals surface area (Å²) in [5.41, 5.74) is -1.45. The van der Waals surface area contributed by atoms with E-state index in [2.05, 4.69) is 26.3 Å². The van der Waals surface area contributed by atoms with E-state index in [-0.39, 0.29) is 44.0 Å². The number of ether oxygens (including phenoxy) is 2. The van der Waals surface area contributed by atoms with Gasteiger partial charge in [-0.3, -0.25) is 14.6 Å². The second kappa shape index (κ2) is 11.6. The molecule has 0 fully saturated rings. The van der Waals surface area contributed by atoms with Crippen molar-refractivity contribution >= 4 is 50.8 Å². The van der Waals surface area contributed by atoms with Gasteiger partial charge in [-0.2, -0.15) is 18.3 Å². The van der Waals surface area contributed by atoms with E-state index in [1.807, 2.05) is 0 Å². The third-order valence-electron chi connectivity index (χ3n) is 5.55. The highest BCUT2D eigenvalue weighted by Crippen LogP contribution is 2.40. The minimum Gasteiger partial charge on any atom is -0.465 e. The number of alkyl halides is 3. The van der Waals surface area contributed by atoms with Crippen molar-refractivity contribution in [2.75, 3.05) is 38.7 Å². The Morgan fingerprint density at radius 1 is 1.22 bits per heavy atom. The molecule has 2 aromatic carbocycles. The van der Waals surface area contributed by atoms with Crippen molar-refractivity contribution in [2.24, 2.45) is 10.5 Å². The van der Waals surface area contributed by atoms with E-state index in [0.29, 0.717) is 5.69 Å². The van der Waals surface area contributed by atoms with Gasteiger partial charge in [-0.25, -0.2) is 0 Å². The molecule has 1 amide bonds. The molecule has 0 aromatic heterocycles. The van der Waals surface area contributed by atoms with Gasteiger partial charge in [0.15, 0.2) is 0 Å². The fourth-order valence-corrected chi connectivity index (χ4v) is 4.43. The van der Waals surface area contributed by atoms with E-state index in [0.717, 1.165) is 16.6 Å². The molecule has 1 atom stereocenters. The zero-order valence-corrected chi connectivity index (χ0v) is 21.8. The number of hydrazone groups is 1. The summed E-state index contributed by atoms with van der Waals surface area (Å²) in [6.45, 7) is 1.63. The van der Waals surface area contributed by atoms with E-state index in [4.69, 9.17) is 21.1 Å². The number of carbonyl (C=O) groups is 2. The first-order valence-electron chi connectivity index (χ1n) is 10.9. The number of rotatable bonds is 9. The average Bonchev–Trinajstić information content (AvgIpc) is 3.17. The monoisotopic (exact) mass is 589 g/mol. The predicted molar refractivity (Wildman–Crippen MR) is 133 cm³/mol. The van der Waals surface area contributed by atoms with Crippen LogP contribution < -0.4 is 5.32 Å². The molecule has 12 heteroatoms. The number of methoxy groups -OCH3 is 1. The quantitative estimate of drug-likeness (QED) is 0.398. The highest BCUT2D eigenvalue weighted by molar-refractivity contribution is 9.10. The molecular weight excluding hydrogens is 567 g/mol. The van der Waals surface area contributed by atoms with E-state index >= 15 is 0 Å². The van der Waals surface area contributed by atoms with Crippen LogP contribution in [0.15, 0.2) is 52.0 Å². The fourth-order valence-electron chi connectivity index (χ4n) is 3.88. The van der Waals surface area contributed by atoms with Gasteiger partial charge >= 0.3 is 12.1 Å². The summed E-state index contributed by atoms with van der Waals surface area (Å²) in [4.78, 5) is 25.9. The Bertz CT molecular complexity index is 1140. The number of amides is 1. The number of halogens is 5. The Kier molecular flexibility index (Phi) is 9.02. The molecule has 7 nitrogen and oxygen atoms in total. The predicted octanol–water partition coefficient (Wildman–Crippen LogP) is 5.37. The summed E-state index contributed by atoms with van der Waals surface area (Å²) in [5, 5.41) is 8.09. The minimum atomic E-state index is -4.64. The van der Waals surface area contributed by atoms with Crippen LogP contribution in [0, 0.1) is 5.41 Å². The molecule has 1 aliphatic rings. The summed E-state index contributed by atoms with van der Waals surface area (Å²) < 4.78 is 51.1. The van der Waals surface area contributed by atoms with Gasteiger partial charge in [0.25, 0.3) is 0 Å². The highest BCUT2D eigenvalue weighted by atomic mass is 79.9. The lowest BCUT2D eigenvalue weighted by Crippen LogP contribution is -2.45. The fraction of sp³-hybridized carbons (Fsp3) is 0.375. The second-order valence-corrected chi connectivity index (χ2v) is 9.39. The smallest absolute Gasteiger partial charge is 0.417 e. The van der Waals surface area contributed by atoms with Crippen molar-refractivity contribution in [3.63, 3.8) is 0 Å². The zero-order valence-electron chi connectivity index (χ0n) is 19.5. The van der Waals surface area contributed by atoms with Gasteiger partial charge in [0, 0.05) is 29.4 Å². The molecule has 36 heavy (non-hydrogen) atoms. The maximum absolute atomic E-state index is 13.3. The van der Waals surface area contributed by atoms with Crippen LogP contribution in [-0.4, -0.2) is 56.0 Å². The van der Waals surface area contributed by atoms with Crippen molar-refractivity contribution in [3.8, 4) is 0 Å². The summed E-state index contributed by atoms with van der Waals surface area (Å²) >= 11 is 9.28. The van der Waals surface area contributed by atoms with Crippen molar-refractivity contribution in [3.05, 3.63) is 63.1 Å². The second-order valence-electron chi connectivity index (χ2n) is 8.06. The largest absolute Gasteiger partial charge is 0.465 e. The van der Waals surface area contributed by atoms with Crippen LogP contribution in [0.2, 0.25) is 5.02 Å². The van der Waals surface area contributed by atoms with Crippen molar-refractivity contribution in [1.82, 2.24) is 5.01 Å². The van der Waals surface area contributed by atoms with Gasteiger partial charge in [-0.15, -0.1) is 0 Å². The topological polar surface area (TPSA) is 80.2 Å². The molecule has 0 aliphatic carbocycles. The third kappa shape index (κ3) is 6.37. The number of hydrogen-bond donors (Lipinski definition) is 1. The Morgan fingerprint density at radius 2 is 1.92 bits per heavy atom. The van der Waals surface area contributed by atoms with Gasteiger partial charge in [0.1, 0.15) is 12.0 Å². The number of hydrogen-bond acceptors (Lipinski definition) is 6. The summed E-state index contributed by atoms with van der Waals surface area (Å²) in [6, 6.07) is 10.1. The summed E-state index contributed by atoms with van der Waals surface area (Å²) in [6.07, 6.45) is -4.51. The molecule has 2 aromatic rings. The first-order chi connectivity index (χ1) is 17.0. The number of benzene rings is 2. The molecule has 0 saturated carbocycles. The van der Waals surface area contributed by atoms with Crippen LogP contribution >= 0.6 is 27.5 Å². The Hall–Kier alpha value is -2.63. The molecule has 0 spiro atoms. The molecule has 194 valence electrons. The lowest BCUT2D eigenvalue weighted by atomic mass is 9.77. The number of nitrogens with zero attached hydrogens (tertiary/aromatic N) is 2. The number of anilines is 1. The molecule has 3 rings (SSSR count). The lowest BCUT2D eigenvalue weighted by molar-refractivity contribution is -0.152. The molecule has 0 bridgehead atoms. The number of nitrogens with one attached hydrogen (secondary N) is 1. The number of carbonyl (C=O) groups excluding carboxylic acids is 2. The van der Waals surface area contributed by atoms with Crippen LogP contribution in [0.1, 0.15) is 24.5 Å². The first kappa shape index (κ1) is 27.9. The van der Waals surface area contributed by atoms with Crippen LogP contribution in [0.3, 0.4) is 0 Å². The molecule has 0 saturated heterocycles. The average molecular weight is 591 g/mol. The van der Waals surface area contributed by atoms with Crippen LogP contribution in [0.25, 0.3) is 0 Å². The Morgan fingerprint density at radius 3 is 2.50 bits per heavy atom. The molecule has 1 N–H and O–H groups in total. The van der Waals surface area contributed by atoms with Crippen molar-refractivity contribution in [1.29, 1.82) is 0 Å². The van der Waals surface area contributed by atoms with E-state index in [1.54, 1.807) is 31.2 Å². The van der Waals surface area contributed by atoms with Gasteiger partial charge in [-0.1, -0.05) is 33.6 Å². The minimum absolute atomic E-state index is 0.0308. The van der Waals surface area contributed by atoms with Crippen LogP contribution in [-0.2, 0) is 25.2 Å².